The Morgan fingerprint density at radius 3 is 2.36 bits per heavy atom. The minimum Gasteiger partial charge on any atom is -0.508 e. The van der Waals surface area contributed by atoms with Crippen LogP contribution >= 0.6 is 11.6 Å². The number of Topliss-reactive ketones (excluding diaryl/α,β-unsaturated/α-hetero) is 2. The molecule has 0 aromatic heterocycles. The fraction of sp³-hybridized carbons (Fsp3) is 0.318. The van der Waals surface area contributed by atoms with Crippen molar-refractivity contribution in [2.45, 2.75) is 17.7 Å². The maximum Gasteiger partial charge on any atom is 0.255 e. The molecule has 0 radical (unpaired) electrons. The van der Waals surface area contributed by atoms with E-state index in [1.165, 1.54) is 31.1 Å². The molecule has 1 aromatic carbocycles. The van der Waals surface area contributed by atoms with Crippen molar-refractivity contribution < 1.29 is 49.9 Å². The number of aromatic hydroxyl groups is 1. The van der Waals surface area contributed by atoms with Crippen molar-refractivity contribution in [3.8, 4) is 5.75 Å². The van der Waals surface area contributed by atoms with Crippen LogP contribution in [0.25, 0.3) is 11.3 Å². The molecule has 0 bridgehead atoms. The first kappa shape index (κ1) is 23.0. The molecule has 1 saturated carbocycles. The molecule has 0 spiro atoms. The van der Waals surface area contributed by atoms with Crippen LogP contribution in [0.15, 0.2) is 35.6 Å². The molecular weight excluding hydrogens is 456 g/mol. The normalized spacial score (nSPS) is 31.5. The Morgan fingerprint density at radius 2 is 1.82 bits per heavy atom. The number of halogens is 1. The molecule has 1 amide bonds. The van der Waals surface area contributed by atoms with Crippen LogP contribution in [0, 0.1) is 11.8 Å². The van der Waals surface area contributed by atoms with E-state index in [0.29, 0.717) is 0 Å². The molecule has 0 aliphatic heterocycles. The largest absolute Gasteiger partial charge is 0.508 e. The summed E-state index contributed by atoms with van der Waals surface area (Å²) >= 11 is 6.25. The number of nitrogens with zero attached hydrogens (tertiary/aromatic N) is 1. The number of hydrogen-bond donors (Lipinski definition) is 6. The second-order valence-corrected chi connectivity index (χ2v) is 8.96. The molecular formula is C22H35ClN2O8. The van der Waals surface area contributed by atoms with E-state index in [1.54, 1.807) is 0 Å². The van der Waals surface area contributed by atoms with Gasteiger partial charge < -0.3 is 31.3 Å². The summed E-state index contributed by atoms with van der Waals surface area (Å²) in [5.74, 6) is -9.18. The topological polar surface area (TPSA) is 182 Å². The molecule has 10 nitrogen and oxygen atoms in total. The summed E-state index contributed by atoms with van der Waals surface area (Å²) in [6, 6.07) is 1.08. The lowest BCUT2D eigenvalue weighted by molar-refractivity contribution is -0.166. The van der Waals surface area contributed by atoms with Gasteiger partial charge in [-0.1, -0.05) is 18.2 Å². The fourth-order valence-electron chi connectivity index (χ4n) is 5.26. The van der Waals surface area contributed by atoms with Gasteiger partial charge in [0, 0.05) is 26.5 Å². The number of carbonyl (C=O) groups excluding carboxylic acids is 3. The molecule has 188 valence electrons. The Balaban J connectivity index is -0.000000926. The summed E-state index contributed by atoms with van der Waals surface area (Å²) in [6.07, 6.45) is -1.75. The Labute approximate surface area is 202 Å². The molecule has 1 aromatic rings. The highest BCUT2D eigenvalue weighted by Crippen LogP contribution is 2.56. The molecule has 11 heteroatoms. The molecule has 33 heavy (non-hydrogen) atoms. The minimum atomic E-state index is -2.97. The number of primary amides is 1. The monoisotopic (exact) mass is 490 g/mol. The molecule has 5 atom stereocenters. The summed E-state index contributed by atoms with van der Waals surface area (Å²) in [6.45, 7) is 3.89. The van der Waals surface area contributed by atoms with E-state index in [4.69, 9.17) is 17.3 Å². The molecule has 4 rings (SSSR count). The van der Waals surface area contributed by atoms with Gasteiger partial charge in [0.25, 0.3) is 5.91 Å². The van der Waals surface area contributed by atoms with Gasteiger partial charge in [0.05, 0.1) is 29.2 Å². The van der Waals surface area contributed by atoms with E-state index < -0.39 is 75.5 Å². The fourth-order valence-corrected chi connectivity index (χ4v) is 5.54. The Hall–Kier alpha value is -3.18. The number of nitrogens with two attached hydrogens (primary N) is 1. The van der Waals surface area contributed by atoms with E-state index in [0.717, 1.165) is 0 Å². The zero-order valence-electron chi connectivity index (χ0n) is 17.5. The minimum absolute atomic E-state index is 0. The van der Waals surface area contributed by atoms with Gasteiger partial charge in [-0.25, -0.2) is 0 Å². The molecule has 0 heterocycles. The second-order valence-electron chi connectivity index (χ2n) is 8.55. The average Bonchev–Trinajstić information content (AvgIpc) is 2.72. The van der Waals surface area contributed by atoms with E-state index in [-0.39, 0.29) is 31.7 Å². The summed E-state index contributed by atoms with van der Waals surface area (Å²) in [4.78, 5) is 39.9. The second kappa shape index (κ2) is 7.16. The number of benzene rings is 1. The lowest BCUT2D eigenvalue weighted by Gasteiger charge is -2.52. The number of rotatable bonds is 2. The zero-order chi connectivity index (χ0) is 24.7. The Morgan fingerprint density at radius 1 is 1.21 bits per heavy atom. The van der Waals surface area contributed by atoms with Crippen LogP contribution in [0.4, 0.5) is 0 Å². The number of aliphatic hydroxyl groups excluding tert-OH is 3. The number of carbonyl (C=O) groups is 3. The molecule has 0 unspecified atom stereocenters. The highest BCUT2D eigenvalue weighted by Gasteiger charge is 2.68. The van der Waals surface area contributed by atoms with E-state index in [2.05, 4.69) is 6.58 Å². The van der Waals surface area contributed by atoms with Gasteiger partial charge in [0.15, 0.2) is 11.4 Å². The van der Waals surface area contributed by atoms with Crippen molar-refractivity contribution in [3.05, 3.63) is 51.8 Å². The number of likely N-dealkylation sites (N-methyl/N-ethyl adjacent to an activating group) is 1. The van der Waals surface area contributed by atoms with Gasteiger partial charge in [-0.3, -0.25) is 19.3 Å². The lowest BCUT2D eigenvalue weighted by atomic mass is 9.55. The standard InChI is InChI=1S/C22H21ClN2O8.7H2/c1-6-9-7(23)4-5-8(26)11(9)16(27)12-10(6)17(28)14-15(25(2)3)18(29)13(21(24)32)20(31)22(14,33)19(12)30;;;;;;;/h4-5,10,14-15,17,26-28,31,33H,1H2,2-3H3,(H2,24,32);7*1H/t10-,14-,15+,17+,22+;;;;;;;/m1......./s1. The third-order valence-corrected chi connectivity index (χ3v) is 6.99. The molecule has 0 saturated heterocycles. The SMILES string of the molecule is C=C1c2c(Cl)ccc(O)c2C(O)=C2C(=O)[C@]3(O)C(O)=C(C(N)=O)C(=O)[C@@H](N(C)C)[C@@H]3[C@@H](O)[C@H]12.[HH].[HH].[HH].[HH].[HH].[HH].[HH]. The molecule has 1 fully saturated rings. The summed E-state index contributed by atoms with van der Waals surface area (Å²) in [7, 11) is 2.84. The van der Waals surface area contributed by atoms with Crippen LogP contribution < -0.4 is 5.73 Å². The van der Waals surface area contributed by atoms with Gasteiger partial charge in [-0.15, -0.1) is 0 Å². The van der Waals surface area contributed by atoms with Crippen molar-refractivity contribution in [2.75, 3.05) is 14.1 Å². The van der Waals surface area contributed by atoms with Gasteiger partial charge in [-0.2, -0.15) is 0 Å². The van der Waals surface area contributed by atoms with Gasteiger partial charge in [-0.05, 0) is 31.8 Å². The van der Waals surface area contributed by atoms with Crippen LogP contribution in [0.2, 0.25) is 5.02 Å². The maximum atomic E-state index is 13.7. The zero-order valence-corrected chi connectivity index (χ0v) is 18.3. The lowest BCUT2D eigenvalue weighted by Crippen LogP contribution is -2.70. The van der Waals surface area contributed by atoms with E-state index in [1.807, 2.05) is 0 Å². The van der Waals surface area contributed by atoms with Gasteiger partial charge >= 0.3 is 0 Å². The van der Waals surface area contributed by atoms with Crippen LogP contribution in [0.3, 0.4) is 0 Å². The first-order valence-corrected chi connectivity index (χ1v) is 10.2. The quantitative estimate of drug-likeness (QED) is 0.336. The van der Waals surface area contributed by atoms with Crippen LogP contribution in [0.1, 0.15) is 21.1 Å². The Bertz CT molecular complexity index is 1260. The van der Waals surface area contributed by atoms with Crippen molar-refractivity contribution in [3.63, 3.8) is 0 Å². The predicted octanol–water partition coefficient (Wildman–Crippen LogP) is 1.78. The van der Waals surface area contributed by atoms with E-state index >= 15 is 0 Å². The number of fused-ring (bicyclic) bond motifs is 3. The molecule has 3 aliphatic carbocycles. The number of ketones is 2. The van der Waals surface area contributed by atoms with Crippen molar-refractivity contribution in [1.82, 2.24) is 4.90 Å². The maximum absolute atomic E-state index is 13.7. The smallest absolute Gasteiger partial charge is 0.255 e. The van der Waals surface area contributed by atoms with Crippen LogP contribution in [-0.2, 0) is 14.4 Å². The van der Waals surface area contributed by atoms with E-state index in [9.17, 15) is 39.9 Å². The van der Waals surface area contributed by atoms with Crippen molar-refractivity contribution in [1.29, 1.82) is 0 Å². The third kappa shape index (κ3) is 2.69. The first-order chi connectivity index (χ1) is 15.3. The highest BCUT2D eigenvalue weighted by molar-refractivity contribution is 6.33. The highest BCUT2D eigenvalue weighted by atomic mass is 35.5. The summed E-state index contributed by atoms with van der Waals surface area (Å²) in [5, 5.41) is 55.0. The number of phenolic OH excluding ortho intramolecular Hbond substituents is 1. The molecule has 7 N–H and O–H groups in total. The van der Waals surface area contributed by atoms with Crippen molar-refractivity contribution in [2.24, 2.45) is 17.6 Å². The summed E-state index contributed by atoms with van der Waals surface area (Å²) in [5.41, 5.74) is 0.634. The summed E-state index contributed by atoms with van der Waals surface area (Å²) < 4.78 is 0. The molecule has 3 aliphatic rings. The number of hydrogen-bond acceptors (Lipinski definition) is 9. The Kier molecular flexibility index (Phi) is 4.99. The van der Waals surface area contributed by atoms with Crippen LogP contribution in [-0.4, -0.2) is 79.7 Å². The number of aliphatic hydroxyl groups is 4. The number of amides is 1. The van der Waals surface area contributed by atoms with Gasteiger partial charge in [0.1, 0.15) is 22.8 Å². The van der Waals surface area contributed by atoms with Crippen LogP contribution in [0.5, 0.6) is 5.75 Å². The predicted molar refractivity (Wildman–Crippen MR) is 131 cm³/mol. The van der Waals surface area contributed by atoms with Gasteiger partial charge in [0.2, 0.25) is 5.78 Å². The third-order valence-electron chi connectivity index (χ3n) is 6.67. The first-order valence-electron chi connectivity index (χ1n) is 9.81. The average molecular weight is 491 g/mol. The van der Waals surface area contributed by atoms with Crippen molar-refractivity contribution >= 4 is 40.4 Å². The number of phenols is 1.